The maximum atomic E-state index is 6.35. The van der Waals surface area contributed by atoms with Crippen molar-refractivity contribution in [1.29, 1.82) is 0 Å². The van der Waals surface area contributed by atoms with E-state index in [-0.39, 0.29) is 0 Å². The number of benzene rings is 22. The third-order valence-corrected chi connectivity index (χ3v) is 28.0. The number of hydrogen-bond donors (Lipinski definition) is 0. The Hall–Kier alpha value is -16.4. The Balaban J connectivity index is 0.000000102. The van der Waals surface area contributed by atoms with E-state index in [0.29, 0.717) is 0 Å². The summed E-state index contributed by atoms with van der Waals surface area (Å²) in [5.41, 5.74) is 26.2. The molecule has 0 aliphatic rings. The molecule has 0 saturated heterocycles. The van der Waals surface area contributed by atoms with Gasteiger partial charge in [0.05, 0.1) is 20.4 Å². The van der Waals surface area contributed by atoms with E-state index in [9.17, 15) is 0 Å². The summed E-state index contributed by atoms with van der Waals surface area (Å²) in [7, 11) is 0. The van der Waals surface area contributed by atoms with Gasteiger partial charge in [0.15, 0.2) is 0 Å². The van der Waals surface area contributed by atoms with Crippen molar-refractivity contribution in [2.24, 2.45) is 0 Å². The SMILES string of the molecule is c1ccc(-c2nc3c(cc(-c4c5ccccc5c(-c5ccc6c(c5)oc5ccccc56)c5ccccc45)c4ccccc43)s2)cc1.c1ccc(-c2nc3cc(-c4c5ccccc5c(-c5ccc6c(c5)oc5ccccc56)c5ccccc45)ccc3s2)cc1.c1ccc2c(c1)oc1cc(-c3c4ccccc4c(-c4cccc5oc6ccccc6c45)c4ccccc34)ccc12. The summed E-state index contributed by atoms with van der Waals surface area (Å²) < 4.78 is 27.6. The third kappa shape index (κ3) is 11.8. The molecule has 28 rings (SSSR count). The van der Waals surface area contributed by atoms with E-state index >= 15 is 0 Å². The fourth-order valence-corrected chi connectivity index (χ4v) is 22.3. The number of thiazole rings is 2. The topological polar surface area (TPSA) is 78.3 Å². The molecule has 6 nitrogen and oxygen atoms in total. The highest BCUT2D eigenvalue weighted by Gasteiger charge is 2.26. The molecule has 0 radical (unpaired) electrons. The van der Waals surface area contributed by atoms with Gasteiger partial charge in [0.1, 0.15) is 54.7 Å². The molecule has 0 fully saturated rings. The minimum Gasteiger partial charge on any atom is -0.456 e. The average Bonchev–Trinajstić information content (AvgIpc) is 1.17. The van der Waals surface area contributed by atoms with Gasteiger partial charge < -0.3 is 17.7 Å². The number of rotatable bonds is 8. The number of furan rings is 4. The van der Waals surface area contributed by atoms with Gasteiger partial charge in [0.2, 0.25) is 0 Å². The summed E-state index contributed by atoms with van der Waals surface area (Å²) in [6, 6.07) is 151. The Kier molecular flexibility index (Phi) is 17.0. The van der Waals surface area contributed by atoms with Crippen LogP contribution in [0.3, 0.4) is 0 Å². The molecule has 28 aromatic rings. The Morgan fingerprint density at radius 3 is 0.867 bits per heavy atom. The molecule has 22 aromatic carbocycles. The van der Waals surface area contributed by atoms with Gasteiger partial charge in [-0.1, -0.05) is 340 Å². The van der Waals surface area contributed by atoms with Crippen LogP contribution in [0.4, 0.5) is 0 Å². The van der Waals surface area contributed by atoms with Crippen LogP contribution < -0.4 is 0 Å². The van der Waals surface area contributed by atoms with E-state index < -0.39 is 0 Å². The lowest BCUT2D eigenvalue weighted by Gasteiger charge is -2.19. The fraction of sp³-hybridized carbons (Fsp3) is 0. The maximum Gasteiger partial charge on any atom is 0.136 e. The first-order chi connectivity index (χ1) is 63.5. The highest BCUT2D eigenvalue weighted by Crippen LogP contribution is 2.53. The Bertz CT molecular complexity index is 9260. The van der Waals surface area contributed by atoms with Crippen LogP contribution in [0.15, 0.2) is 442 Å². The predicted molar refractivity (Wildman–Crippen MR) is 541 cm³/mol. The molecular formula is C120H70N2O4S2. The normalized spacial score (nSPS) is 11.9. The van der Waals surface area contributed by atoms with Gasteiger partial charge >= 0.3 is 0 Å². The van der Waals surface area contributed by atoms with Gasteiger partial charge in [0, 0.05) is 59.6 Å². The first-order valence-corrected chi connectivity index (χ1v) is 44.9. The van der Waals surface area contributed by atoms with Crippen molar-refractivity contribution in [2.45, 2.75) is 0 Å². The van der Waals surface area contributed by atoms with Crippen molar-refractivity contribution < 1.29 is 17.7 Å². The van der Waals surface area contributed by atoms with Crippen LogP contribution in [0.2, 0.25) is 0 Å². The molecule has 0 saturated carbocycles. The van der Waals surface area contributed by atoms with Crippen molar-refractivity contribution in [2.75, 3.05) is 0 Å². The van der Waals surface area contributed by atoms with Crippen LogP contribution >= 0.6 is 22.7 Å². The number of para-hydroxylation sites is 4. The summed E-state index contributed by atoms with van der Waals surface area (Å²) >= 11 is 3.51. The minimum absolute atomic E-state index is 0.908. The van der Waals surface area contributed by atoms with Crippen LogP contribution in [0.5, 0.6) is 0 Å². The molecule has 596 valence electrons. The molecule has 0 aliphatic carbocycles. The highest BCUT2D eigenvalue weighted by molar-refractivity contribution is 7.22. The first-order valence-electron chi connectivity index (χ1n) is 43.3. The summed E-state index contributed by atoms with van der Waals surface area (Å²) in [5.74, 6) is 0. The van der Waals surface area contributed by atoms with Crippen LogP contribution in [-0.2, 0) is 0 Å². The number of nitrogens with zero attached hydrogens (tertiary/aromatic N) is 2. The summed E-state index contributed by atoms with van der Waals surface area (Å²) in [6.45, 7) is 0. The second-order valence-corrected chi connectivity index (χ2v) is 35.1. The van der Waals surface area contributed by atoms with E-state index in [0.717, 1.165) is 137 Å². The lowest BCUT2D eigenvalue weighted by molar-refractivity contribution is 0.668. The second-order valence-electron chi connectivity index (χ2n) is 33.0. The van der Waals surface area contributed by atoms with Gasteiger partial charge in [-0.25, -0.2) is 9.97 Å². The summed E-state index contributed by atoms with van der Waals surface area (Å²) in [6.07, 6.45) is 0. The van der Waals surface area contributed by atoms with E-state index in [4.69, 9.17) is 27.6 Å². The Labute approximate surface area is 740 Å². The van der Waals surface area contributed by atoms with Crippen molar-refractivity contribution in [3.63, 3.8) is 0 Å². The molecule has 0 aliphatic heterocycles. The van der Waals surface area contributed by atoms with Gasteiger partial charge in [-0.05, 0) is 222 Å². The quantitative estimate of drug-likeness (QED) is 0.141. The molecule has 0 bridgehead atoms. The van der Waals surface area contributed by atoms with Crippen LogP contribution in [0.25, 0.3) is 271 Å². The van der Waals surface area contributed by atoms with E-state index in [1.165, 1.54) is 135 Å². The van der Waals surface area contributed by atoms with Gasteiger partial charge in [-0.3, -0.25) is 0 Å². The number of aromatic nitrogens is 2. The van der Waals surface area contributed by atoms with Crippen molar-refractivity contribution >= 4 is 206 Å². The van der Waals surface area contributed by atoms with Gasteiger partial charge in [-0.2, -0.15) is 0 Å². The molecule has 8 heteroatoms. The maximum absolute atomic E-state index is 6.35. The number of hydrogen-bond acceptors (Lipinski definition) is 8. The molecule has 0 amide bonds. The lowest BCUT2D eigenvalue weighted by Crippen LogP contribution is -1.92. The van der Waals surface area contributed by atoms with E-state index in [1.54, 1.807) is 22.7 Å². The van der Waals surface area contributed by atoms with Crippen LogP contribution in [0.1, 0.15) is 0 Å². The van der Waals surface area contributed by atoms with E-state index in [2.05, 4.69) is 370 Å². The third-order valence-electron chi connectivity index (χ3n) is 25.9. The zero-order chi connectivity index (χ0) is 84.0. The highest BCUT2D eigenvalue weighted by atomic mass is 32.1. The molecule has 128 heavy (non-hydrogen) atoms. The molecule has 6 aromatic heterocycles. The smallest absolute Gasteiger partial charge is 0.136 e. The number of fused-ring (bicyclic) bond motifs is 22. The second kappa shape index (κ2) is 29.7. The monoisotopic (exact) mass is 1670 g/mol. The zero-order valence-corrected chi connectivity index (χ0v) is 70.4. The van der Waals surface area contributed by atoms with Crippen LogP contribution in [-0.4, -0.2) is 9.97 Å². The molecule has 0 N–H and O–H groups in total. The van der Waals surface area contributed by atoms with Gasteiger partial charge in [-0.15, -0.1) is 22.7 Å². The lowest BCUT2D eigenvalue weighted by atomic mass is 9.84. The van der Waals surface area contributed by atoms with E-state index in [1.807, 2.05) is 54.6 Å². The molecular weight excluding hydrogens is 1600 g/mol. The fourth-order valence-electron chi connectivity index (χ4n) is 20.3. The van der Waals surface area contributed by atoms with Crippen molar-refractivity contribution in [1.82, 2.24) is 9.97 Å². The Morgan fingerprint density at radius 2 is 0.453 bits per heavy atom. The largest absolute Gasteiger partial charge is 0.456 e. The van der Waals surface area contributed by atoms with Gasteiger partial charge in [0.25, 0.3) is 0 Å². The van der Waals surface area contributed by atoms with Crippen molar-refractivity contribution in [3.8, 4) is 87.9 Å². The molecule has 0 atom stereocenters. The summed E-state index contributed by atoms with van der Waals surface area (Å²) in [5, 5.41) is 28.4. The standard InChI is InChI=1S/C43H25NOS.C39H23NOS.C38H22O2/c1-2-12-26(13-3-1)43-44-42-35-20-9-4-14-28(35)36(25-39(42)46-43)41-33-18-7-5-16-31(33)40(32-17-6-8-19-34(32)41)27-22-23-30-29-15-10-11-21-37(29)45-38(30)24-27;1-2-10-24(11-3-1)39-40-33-22-25(19-21-36(33)42-39)37-29-13-4-6-15-31(29)38(32-16-7-5-14-30(32)37)26-18-20-28-27-12-8-9-17-34(27)41-35(28)23-26;1-3-13-28-26(11-1)36(23-20-21-25-24-10-5-7-17-32(24)40-35(25)22-23)27-12-2-4-14-29(27)37(28)31-16-9-19-34-38(31)30-15-6-8-18-33(30)39-34/h1-25H;1-23H;1-22H. The molecule has 6 heterocycles. The Morgan fingerprint density at radius 1 is 0.164 bits per heavy atom. The van der Waals surface area contributed by atoms with Crippen LogP contribution in [0, 0.1) is 0 Å². The van der Waals surface area contributed by atoms with Crippen molar-refractivity contribution in [3.05, 3.63) is 425 Å². The zero-order valence-electron chi connectivity index (χ0n) is 68.8. The predicted octanol–water partition coefficient (Wildman–Crippen LogP) is 35.3. The summed E-state index contributed by atoms with van der Waals surface area (Å²) in [4.78, 5) is 10.2. The minimum atomic E-state index is 0.908. The first kappa shape index (κ1) is 73.2. The molecule has 0 unspecified atom stereocenters. The molecule has 0 spiro atoms. The average molecular weight is 1670 g/mol.